The van der Waals surface area contributed by atoms with Crippen LogP contribution in [0.15, 0.2) is 53.8 Å². The molecule has 5 unspecified atom stereocenters. The van der Waals surface area contributed by atoms with Gasteiger partial charge in [0.1, 0.15) is 6.10 Å². The highest BCUT2D eigenvalue weighted by Gasteiger charge is 2.54. The van der Waals surface area contributed by atoms with Gasteiger partial charge in [-0.25, -0.2) is 0 Å². The van der Waals surface area contributed by atoms with E-state index >= 15 is 0 Å². The molecule has 0 N–H and O–H groups in total. The number of pyridine rings is 1. The molecule has 2 heterocycles. The molecule has 1 aromatic heterocycles. The van der Waals surface area contributed by atoms with Crippen LogP contribution in [0.2, 0.25) is 0 Å². The number of rotatable bonds is 4. The molecule has 184 valence electrons. The van der Waals surface area contributed by atoms with Gasteiger partial charge in [-0.2, -0.15) is 18.1 Å². The molecule has 1 saturated heterocycles. The summed E-state index contributed by atoms with van der Waals surface area (Å²) in [4.78, 5) is 28.2. The van der Waals surface area contributed by atoms with E-state index < -0.39 is 11.7 Å². The molecule has 8 heteroatoms. The largest absolute Gasteiger partial charge is 0.462 e. The van der Waals surface area contributed by atoms with Crippen molar-refractivity contribution in [3.05, 3.63) is 64.8 Å². The maximum Gasteiger partial charge on any atom is 0.416 e. The number of hydrogen-bond donors (Lipinski definition) is 0. The highest BCUT2D eigenvalue weighted by Crippen LogP contribution is 2.53. The van der Waals surface area contributed by atoms with E-state index in [1.165, 1.54) is 6.07 Å². The Morgan fingerprint density at radius 1 is 1.11 bits per heavy atom. The average Bonchev–Trinajstić information content (AvgIpc) is 3.14. The summed E-state index contributed by atoms with van der Waals surface area (Å²) in [6.07, 6.45) is 4.15. The summed E-state index contributed by atoms with van der Waals surface area (Å²) in [6, 6.07) is 8.53. The number of nitrogens with zero attached hydrogens (tertiary/aromatic N) is 2. The molecule has 1 aliphatic heterocycles. The lowest BCUT2D eigenvalue weighted by Crippen LogP contribution is -2.44. The minimum Gasteiger partial charge on any atom is -0.462 e. The fourth-order valence-electron chi connectivity index (χ4n) is 6.41. The second-order valence-electron chi connectivity index (χ2n) is 10.0. The van der Waals surface area contributed by atoms with Gasteiger partial charge in [0.25, 0.3) is 0 Å². The molecular formula is C27H27F3N2O3. The van der Waals surface area contributed by atoms with Crippen molar-refractivity contribution in [2.45, 2.75) is 50.9 Å². The maximum absolute atomic E-state index is 13.1. The Kier molecular flexibility index (Phi) is 6.23. The Morgan fingerprint density at radius 2 is 1.94 bits per heavy atom. The zero-order valence-corrected chi connectivity index (χ0v) is 19.3. The van der Waals surface area contributed by atoms with Crippen molar-refractivity contribution in [2.24, 2.45) is 34.8 Å². The van der Waals surface area contributed by atoms with Crippen LogP contribution >= 0.6 is 0 Å². The van der Waals surface area contributed by atoms with Crippen LogP contribution in [-0.4, -0.2) is 23.1 Å². The zero-order chi connectivity index (χ0) is 24.7. The fraction of sp³-hybridized carbons (Fsp3) is 0.481. The number of halogens is 3. The number of carbonyl (C=O) groups excluding carboxylic acids is 1. The van der Waals surface area contributed by atoms with Crippen molar-refractivity contribution >= 4 is 12.0 Å². The smallest absolute Gasteiger partial charge is 0.416 e. The highest BCUT2D eigenvalue weighted by molar-refractivity contribution is 5.75. The number of alkyl halides is 3. The lowest BCUT2D eigenvalue weighted by Gasteiger charge is -2.46. The van der Waals surface area contributed by atoms with Gasteiger partial charge in [0.05, 0.1) is 23.2 Å². The lowest BCUT2D eigenvalue weighted by atomic mass is 9.57. The van der Waals surface area contributed by atoms with E-state index in [0.717, 1.165) is 37.8 Å². The van der Waals surface area contributed by atoms with Crippen LogP contribution in [-0.2, 0) is 15.7 Å². The van der Waals surface area contributed by atoms with Crippen LogP contribution in [0.5, 0.6) is 0 Å². The van der Waals surface area contributed by atoms with Crippen molar-refractivity contribution in [1.29, 1.82) is 0 Å². The third-order valence-electron chi connectivity index (χ3n) is 8.08. The third-order valence-corrected chi connectivity index (χ3v) is 8.08. The van der Waals surface area contributed by atoms with Crippen molar-refractivity contribution in [3.63, 3.8) is 0 Å². The first-order valence-electron chi connectivity index (χ1n) is 12.1. The topological polar surface area (TPSA) is 68.6 Å². The first-order chi connectivity index (χ1) is 16.7. The number of carbonyl (C=O) groups is 1. The van der Waals surface area contributed by atoms with Gasteiger partial charge in [-0.3, -0.25) is 9.78 Å². The van der Waals surface area contributed by atoms with Crippen LogP contribution in [0.4, 0.5) is 13.2 Å². The summed E-state index contributed by atoms with van der Waals surface area (Å²) in [5.74, 6) is 0.476. The molecule has 0 amide bonds. The Balaban J connectivity index is 1.39. The normalized spacial score (nSPS) is 32.7. The summed E-state index contributed by atoms with van der Waals surface area (Å²) in [5, 5.41) is 3.32. The second kappa shape index (κ2) is 9.21. The maximum atomic E-state index is 13.1. The minimum absolute atomic E-state index is 0.0507. The van der Waals surface area contributed by atoms with Crippen molar-refractivity contribution in [1.82, 2.24) is 4.98 Å². The Hall–Kier alpha value is -3.03. The molecule has 1 aromatic carbocycles. The van der Waals surface area contributed by atoms with E-state index in [2.05, 4.69) is 16.2 Å². The number of aromatic nitrogens is 1. The monoisotopic (exact) mass is 484 g/mol. The average molecular weight is 485 g/mol. The molecule has 35 heavy (non-hydrogen) atoms. The molecular weight excluding hydrogens is 457 g/mol. The van der Waals surface area contributed by atoms with Crippen LogP contribution in [0, 0.1) is 34.5 Å². The Labute approximate surface area is 201 Å². The van der Waals surface area contributed by atoms with Gasteiger partial charge in [0.2, 0.25) is 0 Å². The quantitative estimate of drug-likeness (QED) is 0.366. The van der Waals surface area contributed by atoms with Crippen LogP contribution in [0.3, 0.4) is 0 Å². The van der Waals surface area contributed by atoms with Crippen molar-refractivity contribution in [3.8, 4) is 11.1 Å². The standard InChI is InChI=1S/C27H27F3N2O3/c1-15-25-22(23-13-21(32-34)8-5-17(23)12-24(25)26(33)35-15)10-9-20-7-6-18(14-31-20)16-3-2-4-19(11-16)27(28,29)30/h2-4,6-7,9-11,14-15,17,21-25H,5,8,12-13H2,1H3/t15-,17?,21?,22+,23?,24?,25?/m1/s1. The van der Waals surface area contributed by atoms with E-state index in [4.69, 9.17) is 4.74 Å². The van der Waals surface area contributed by atoms with Gasteiger partial charge in [-0.05, 0) is 80.2 Å². The van der Waals surface area contributed by atoms with Crippen LogP contribution < -0.4 is 0 Å². The van der Waals surface area contributed by atoms with E-state index in [1.807, 2.05) is 13.0 Å². The van der Waals surface area contributed by atoms with Gasteiger partial charge in [0, 0.05) is 17.7 Å². The molecule has 0 bridgehead atoms. The lowest BCUT2D eigenvalue weighted by molar-refractivity contribution is -0.144. The fourth-order valence-corrected chi connectivity index (χ4v) is 6.41. The predicted molar refractivity (Wildman–Crippen MR) is 125 cm³/mol. The number of fused-ring (bicyclic) bond motifs is 2. The van der Waals surface area contributed by atoms with E-state index in [-0.39, 0.29) is 41.8 Å². The molecule has 0 spiro atoms. The number of allylic oxidation sites excluding steroid dienone is 1. The van der Waals surface area contributed by atoms with Gasteiger partial charge in [0.15, 0.2) is 0 Å². The van der Waals surface area contributed by atoms with Crippen molar-refractivity contribution in [2.75, 3.05) is 0 Å². The van der Waals surface area contributed by atoms with Crippen LogP contribution in [0.1, 0.15) is 43.9 Å². The number of hydrogen-bond acceptors (Lipinski definition) is 5. The molecule has 7 atom stereocenters. The molecule has 0 radical (unpaired) electrons. The summed E-state index contributed by atoms with van der Waals surface area (Å²) in [6.45, 7) is 1.93. The Morgan fingerprint density at radius 3 is 2.66 bits per heavy atom. The summed E-state index contributed by atoms with van der Waals surface area (Å²) in [5.41, 5.74) is 1.03. The predicted octanol–water partition coefficient (Wildman–Crippen LogP) is 6.53. The summed E-state index contributed by atoms with van der Waals surface area (Å²) in [7, 11) is 0. The molecule has 5 rings (SSSR count). The summed E-state index contributed by atoms with van der Waals surface area (Å²) >= 11 is 0. The molecule has 3 fully saturated rings. The second-order valence-corrected chi connectivity index (χ2v) is 10.0. The van der Waals surface area contributed by atoms with E-state index in [9.17, 15) is 22.9 Å². The number of benzene rings is 1. The molecule has 5 nitrogen and oxygen atoms in total. The zero-order valence-electron chi connectivity index (χ0n) is 19.3. The SMILES string of the molecule is C[C@H]1OC(=O)C2CC3CCC(N=O)CC3[C@H](C=Cc3ccc(-c4cccc(C(F)(F)F)c4)cn3)C21. The number of cyclic esters (lactones) is 1. The van der Waals surface area contributed by atoms with E-state index in [0.29, 0.717) is 22.7 Å². The van der Waals surface area contributed by atoms with Gasteiger partial charge in [-0.1, -0.05) is 29.5 Å². The minimum atomic E-state index is -4.40. The first kappa shape index (κ1) is 23.7. The van der Waals surface area contributed by atoms with E-state index in [1.54, 1.807) is 24.4 Å². The summed E-state index contributed by atoms with van der Waals surface area (Å²) < 4.78 is 44.8. The first-order valence-corrected chi connectivity index (χ1v) is 12.1. The van der Waals surface area contributed by atoms with Gasteiger partial charge in [-0.15, -0.1) is 0 Å². The number of ether oxygens (including phenoxy) is 1. The molecule has 2 aliphatic carbocycles. The van der Waals surface area contributed by atoms with Gasteiger partial charge < -0.3 is 4.74 Å². The Bertz CT molecular complexity index is 1130. The van der Waals surface area contributed by atoms with Crippen LogP contribution in [0.25, 0.3) is 17.2 Å². The number of esters is 1. The molecule has 3 aliphatic rings. The third kappa shape index (κ3) is 4.62. The van der Waals surface area contributed by atoms with Gasteiger partial charge >= 0.3 is 12.1 Å². The highest BCUT2D eigenvalue weighted by atomic mass is 19.4. The number of nitroso groups, excluding NO2 is 1. The molecule has 2 aromatic rings. The van der Waals surface area contributed by atoms with Crippen molar-refractivity contribution < 1.29 is 22.7 Å². The molecule has 2 saturated carbocycles.